The van der Waals surface area contributed by atoms with E-state index in [1.54, 1.807) is 0 Å². The van der Waals surface area contributed by atoms with Crippen molar-refractivity contribution < 1.29 is 24.0 Å². The van der Waals surface area contributed by atoms with Crippen LogP contribution in [0.15, 0.2) is 24.3 Å². The van der Waals surface area contributed by atoms with Crippen LogP contribution in [-0.2, 0) is 24.0 Å². The standard InChI is InChI=1S/C35H55NO5/c1-6-7-24(2)8-9-25(3)27-10-11-30-33(27,4)16-14-31-34(5)15-12-26(39-32(37)23-36-18-20-38-21-19-36)22-28(34)29-13-17-35(30,31)41-40-29/h8-9,13,17,24-31H,6-7,10-12,14-16,18-23H2,1-5H3/b9-8+/t24-,25-,26+,27-,28?,29+,30-,31-,33-,34+,35+/m1/s1. The van der Waals surface area contributed by atoms with Gasteiger partial charge in [0.1, 0.15) is 17.8 Å². The van der Waals surface area contributed by atoms with Gasteiger partial charge in [-0.25, -0.2) is 9.78 Å². The summed E-state index contributed by atoms with van der Waals surface area (Å²) in [6.07, 6.45) is 20.0. The summed E-state index contributed by atoms with van der Waals surface area (Å²) < 4.78 is 11.5. The van der Waals surface area contributed by atoms with E-state index in [1.807, 2.05) is 0 Å². The van der Waals surface area contributed by atoms with Crippen molar-refractivity contribution in [3.63, 3.8) is 0 Å². The fourth-order valence-electron chi connectivity index (χ4n) is 10.6. The van der Waals surface area contributed by atoms with Crippen LogP contribution < -0.4 is 0 Å². The van der Waals surface area contributed by atoms with Gasteiger partial charge >= 0.3 is 5.97 Å². The molecule has 7 rings (SSSR count). The molecule has 6 heteroatoms. The van der Waals surface area contributed by atoms with Gasteiger partial charge in [0.15, 0.2) is 0 Å². The molecule has 2 saturated heterocycles. The Morgan fingerprint density at radius 2 is 1.80 bits per heavy atom. The lowest BCUT2D eigenvalue weighted by Crippen LogP contribution is -2.60. The molecule has 0 aromatic rings. The van der Waals surface area contributed by atoms with Crippen molar-refractivity contribution in [3.05, 3.63) is 24.3 Å². The average molecular weight is 570 g/mol. The number of carbonyl (C=O) groups excluding carboxylic acids is 1. The molecule has 4 aliphatic carbocycles. The van der Waals surface area contributed by atoms with Gasteiger partial charge in [0, 0.05) is 30.8 Å². The van der Waals surface area contributed by atoms with E-state index < -0.39 is 0 Å². The topological polar surface area (TPSA) is 57.2 Å². The van der Waals surface area contributed by atoms with Crippen molar-refractivity contribution in [1.29, 1.82) is 0 Å². The highest BCUT2D eigenvalue weighted by atomic mass is 17.2. The molecule has 0 aromatic carbocycles. The zero-order chi connectivity index (χ0) is 28.8. The van der Waals surface area contributed by atoms with Crippen LogP contribution in [0.2, 0.25) is 0 Å². The zero-order valence-corrected chi connectivity index (χ0v) is 26.3. The van der Waals surface area contributed by atoms with Crippen LogP contribution in [0.4, 0.5) is 0 Å². The summed E-state index contributed by atoms with van der Waals surface area (Å²) in [5, 5.41) is 0. The highest BCUT2D eigenvalue weighted by molar-refractivity contribution is 5.71. The molecule has 3 saturated carbocycles. The first-order valence-corrected chi connectivity index (χ1v) is 16.9. The van der Waals surface area contributed by atoms with Crippen LogP contribution >= 0.6 is 0 Å². The summed E-state index contributed by atoms with van der Waals surface area (Å²) in [7, 11) is 0. The molecule has 3 heterocycles. The second kappa shape index (κ2) is 11.7. The van der Waals surface area contributed by atoms with Gasteiger partial charge in [0.2, 0.25) is 0 Å². The fourth-order valence-corrected chi connectivity index (χ4v) is 10.6. The Kier molecular flexibility index (Phi) is 8.52. The van der Waals surface area contributed by atoms with Gasteiger partial charge in [0.25, 0.3) is 0 Å². The number of nitrogens with zero attached hydrogens (tertiary/aromatic N) is 1. The molecular weight excluding hydrogens is 514 g/mol. The van der Waals surface area contributed by atoms with Crippen molar-refractivity contribution >= 4 is 5.97 Å². The summed E-state index contributed by atoms with van der Waals surface area (Å²) in [5.41, 5.74) is 0.00997. The van der Waals surface area contributed by atoms with Crippen LogP contribution in [0.3, 0.4) is 0 Å². The quantitative estimate of drug-likeness (QED) is 0.183. The van der Waals surface area contributed by atoms with Crippen LogP contribution in [0.25, 0.3) is 0 Å². The Bertz CT molecular complexity index is 1010. The lowest BCUT2D eigenvalue weighted by molar-refractivity contribution is -0.397. The Labute approximate surface area is 248 Å². The Morgan fingerprint density at radius 3 is 2.54 bits per heavy atom. The zero-order valence-electron chi connectivity index (χ0n) is 26.3. The predicted octanol–water partition coefficient (Wildman–Crippen LogP) is 6.75. The van der Waals surface area contributed by atoms with Gasteiger partial charge in [-0.15, -0.1) is 0 Å². The molecule has 0 radical (unpaired) electrons. The number of carbonyl (C=O) groups is 1. The average Bonchev–Trinajstić information content (AvgIpc) is 3.23. The molecule has 0 amide bonds. The van der Waals surface area contributed by atoms with Gasteiger partial charge in [0.05, 0.1) is 19.8 Å². The van der Waals surface area contributed by atoms with Crippen molar-refractivity contribution in [2.75, 3.05) is 32.8 Å². The molecule has 41 heavy (non-hydrogen) atoms. The number of rotatable bonds is 8. The van der Waals surface area contributed by atoms with E-state index in [-0.39, 0.29) is 34.6 Å². The first-order valence-electron chi connectivity index (χ1n) is 16.9. The molecular formula is C35H55NO5. The molecule has 3 aliphatic heterocycles. The van der Waals surface area contributed by atoms with E-state index in [4.69, 9.17) is 19.2 Å². The fraction of sp³-hybridized carbons (Fsp3) is 0.857. The number of hydrogen-bond donors (Lipinski definition) is 0. The third-order valence-electron chi connectivity index (χ3n) is 12.8. The predicted molar refractivity (Wildman–Crippen MR) is 160 cm³/mol. The SMILES string of the molecule is CCC[C@@H](C)/C=C/[C@@H](C)[C@H]1CC[C@@H]2[C@]1(C)CC[C@H]1[C@]23C=C[C@H](OO3)C2C[C@@H](OC(=O)CN3CCOCC3)CC[C@@]21C. The number of hydrogen-bond acceptors (Lipinski definition) is 6. The van der Waals surface area contributed by atoms with E-state index >= 15 is 0 Å². The maximum atomic E-state index is 12.9. The normalized spacial score (nSPS) is 45.5. The first kappa shape index (κ1) is 29.8. The van der Waals surface area contributed by atoms with Crippen LogP contribution in [0, 0.1) is 46.3 Å². The Hall–Kier alpha value is -1.21. The van der Waals surface area contributed by atoms with Crippen LogP contribution in [-0.4, -0.2) is 61.5 Å². The largest absolute Gasteiger partial charge is 0.461 e. The molecule has 1 unspecified atom stereocenters. The van der Waals surface area contributed by atoms with Crippen LogP contribution in [0.5, 0.6) is 0 Å². The highest BCUT2D eigenvalue weighted by Gasteiger charge is 2.69. The third-order valence-corrected chi connectivity index (χ3v) is 12.8. The number of fused-ring (bicyclic) bond motifs is 2. The lowest BCUT2D eigenvalue weighted by Gasteiger charge is -2.59. The number of morpholine rings is 1. The second-order valence-corrected chi connectivity index (χ2v) is 15.1. The Balaban J connectivity index is 1.17. The molecule has 5 fully saturated rings. The second-order valence-electron chi connectivity index (χ2n) is 15.1. The number of ether oxygens (including phenoxy) is 2. The third kappa shape index (κ3) is 5.27. The van der Waals surface area contributed by atoms with Crippen molar-refractivity contribution in [1.82, 2.24) is 4.90 Å². The summed E-state index contributed by atoms with van der Waals surface area (Å²) in [6.45, 7) is 15.5. The van der Waals surface area contributed by atoms with Gasteiger partial charge in [-0.1, -0.05) is 65.3 Å². The minimum Gasteiger partial charge on any atom is -0.461 e. The van der Waals surface area contributed by atoms with E-state index in [1.165, 1.54) is 38.5 Å². The summed E-state index contributed by atoms with van der Waals surface area (Å²) in [4.78, 5) is 28.0. The Morgan fingerprint density at radius 1 is 1.05 bits per heavy atom. The van der Waals surface area contributed by atoms with Gasteiger partial charge < -0.3 is 9.47 Å². The van der Waals surface area contributed by atoms with Crippen molar-refractivity contribution in [2.45, 2.75) is 110 Å². The number of esters is 1. The van der Waals surface area contributed by atoms with Crippen LogP contribution in [0.1, 0.15) is 92.4 Å². The van der Waals surface area contributed by atoms with E-state index in [0.29, 0.717) is 55.3 Å². The maximum Gasteiger partial charge on any atom is 0.320 e. The minimum atomic E-state index is -0.347. The molecule has 6 nitrogen and oxygen atoms in total. The number of allylic oxidation sites excluding steroid dienone is 2. The summed E-state index contributed by atoms with van der Waals surface area (Å²) in [6, 6.07) is 0. The van der Waals surface area contributed by atoms with E-state index in [0.717, 1.165) is 32.4 Å². The lowest BCUT2D eigenvalue weighted by atomic mass is 9.47. The van der Waals surface area contributed by atoms with Gasteiger partial charge in [-0.2, -0.15) is 0 Å². The summed E-state index contributed by atoms with van der Waals surface area (Å²) >= 11 is 0. The van der Waals surface area contributed by atoms with E-state index in [2.05, 4.69) is 63.8 Å². The van der Waals surface area contributed by atoms with Gasteiger partial charge in [-0.05, 0) is 80.0 Å². The highest BCUT2D eigenvalue weighted by Crippen LogP contribution is 2.70. The molecule has 230 valence electrons. The molecule has 2 bridgehead atoms. The van der Waals surface area contributed by atoms with Gasteiger partial charge in [-0.3, -0.25) is 9.69 Å². The first-order chi connectivity index (χ1) is 19.7. The minimum absolute atomic E-state index is 0.0424. The molecule has 11 atom stereocenters. The monoisotopic (exact) mass is 569 g/mol. The molecule has 0 N–H and O–H groups in total. The smallest absolute Gasteiger partial charge is 0.320 e. The summed E-state index contributed by atoms with van der Waals surface area (Å²) in [5.74, 6) is 3.02. The molecule has 0 aromatic heterocycles. The molecule has 1 spiro atoms. The maximum absolute atomic E-state index is 12.9. The molecule has 7 aliphatic rings. The van der Waals surface area contributed by atoms with E-state index in [9.17, 15) is 4.79 Å². The van der Waals surface area contributed by atoms with Crippen molar-refractivity contribution in [3.8, 4) is 0 Å². The van der Waals surface area contributed by atoms with Crippen molar-refractivity contribution in [2.24, 2.45) is 46.3 Å².